The predicted octanol–water partition coefficient (Wildman–Crippen LogP) is 3.09. The molecule has 0 aliphatic heterocycles. The maximum Gasteiger partial charge on any atom is 0.307 e. The Labute approximate surface area is 107 Å². The molecule has 0 saturated heterocycles. The number of hydrogen-bond donors (Lipinski definition) is 0. The number of esters is 1. The summed E-state index contributed by atoms with van der Waals surface area (Å²) in [6, 6.07) is 0.590. The monoisotopic (exact) mass is 243 g/mol. The Morgan fingerprint density at radius 2 is 1.76 bits per heavy atom. The van der Waals surface area contributed by atoms with Gasteiger partial charge in [0.25, 0.3) is 0 Å². The summed E-state index contributed by atoms with van der Waals surface area (Å²) in [6.45, 7) is 13.1. The fraction of sp³-hybridized carbons (Fsp3) is 0.929. The highest BCUT2D eigenvalue weighted by atomic mass is 16.5. The van der Waals surface area contributed by atoms with Gasteiger partial charge in [-0.1, -0.05) is 27.7 Å². The lowest BCUT2D eigenvalue weighted by molar-refractivity contribution is -0.143. The molecule has 0 fully saturated rings. The second-order valence-corrected chi connectivity index (χ2v) is 4.91. The first kappa shape index (κ1) is 16.4. The highest BCUT2D eigenvalue weighted by molar-refractivity contribution is 5.69. The highest BCUT2D eigenvalue weighted by Crippen LogP contribution is 2.12. The molecule has 0 bridgehead atoms. The summed E-state index contributed by atoms with van der Waals surface area (Å²) in [7, 11) is 0. The van der Waals surface area contributed by atoms with E-state index in [2.05, 4.69) is 32.6 Å². The molecule has 3 heteroatoms. The molecule has 0 atom stereocenters. The van der Waals surface area contributed by atoms with Crippen LogP contribution in [-0.4, -0.2) is 36.6 Å². The van der Waals surface area contributed by atoms with Crippen molar-refractivity contribution in [3.63, 3.8) is 0 Å². The van der Waals surface area contributed by atoms with E-state index in [-0.39, 0.29) is 5.97 Å². The Bertz CT molecular complexity index is 200. The molecular formula is C14H29NO2. The number of hydrogen-bond acceptors (Lipinski definition) is 3. The Balaban J connectivity index is 4.22. The van der Waals surface area contributed by atoms with Crippen LogP contribution in [-0.2, 0) is 9.53 Å². The minimum absolute atomic E-state index is 0.0767. The summed E-state index contributed by atoms with van der Waals surface area (Å²) in [5.74, 6) is 0.560. The third-order valence-corrected chi connectivity index (χ3v) is 2.97. The first-order valence-corrected chi connectivity index (χ1v) is 6.94. The zero-order valence-corrected chi connectivity index (χ0v) is 12.2. The summed E-state index contributed by atoms with van der Waals surface area (Å²) in [5.41, 5.74) is 0. The van der Waals surface area contributed by atoms with Crippen molar-refractivity contribution in [3.05, 3.63) is 0 Å². The van der Waals surface area contributed by atoms with Crippen LogP contribution in [0.3, 0.4) is 0 Å². The topological polar surface area (TPSA) is 29.5 Å². The third kappa shape index (κ3) is 7.37. The van der Waals surface area contributed by atoms with Crippen molar-refractivity contribution in [1.29, 1.82) is 0 Å². The molecule has 102 valence electrons. The fourth-order valence-electron chi connectivity index (χ4n) is 2.17. The lowest BCUT2D eigenvalue weighted by Gasteiger charge is -2.31. The van der Waals surface area contributed by atoms with E-state index in [0.717, 1.165) is 25.9 Å². The molecule has 0 aliphatic carbocycles. The molecular weight excluding hydrogens is 214 g/mol. The lowest BCUT2D eigenvalue weighted by atomic mass is 10.1. The molecule has 17 heavy (non-hydrogen) atoms. The van der Waals surface area contributed by atoms with Gasteiger partial charge < -0.3 is 4.74 Å². The maximum atomic E-state index is 11.4. The summed E-state index contributed by atoms with van der Waals surface area (Å²) in [5, 5.41) is 0. The van der Waals surface area contributed by atoms with Crippen LogP contribution < -0.4 is 0 Å². The SMILES string of the molecule is CCOC(=O)CCN(CC(C)C)C(CC)CC. The van der Waals surface area contributed by atoms with Gasteiger partial charge in [0, 0.05) is 19.1 Å². The predicted molar refractivity (Wildman–Crippen MR) is 72.0 cm³/mol. The molecule has 0 saturated carbocycles. The Kier molecular flexibility index (Phi) is 9.14. The van der Waals surface area contributed by atoms with Gasteiger partial charge in [0.05, 0.1) is 13.0 Å². The van der Waals surface area contributed by atoms with Gasteiger partial charge in [0.15, 0.2) is 0 Å². The van der Waals surface area contributed by atoms with Crippen LogP contribution in [0, 0.1) is 5.92 Å². The van der Waals surface area contributed by atoms with Crippen LogP contribution in [0.1, 0.15) is 53.9 Å². The number of rotatable bonds is 9. The number of carbonyl (C=O) groups excluding carboxylic acids is 1. The van der Waals surface area contributed by atoms with Gasteiger partial charge in [-0.3, -0.25) is 9.69 Å². The molecule has 0 N–H and O–H groups in total. The van der Waals surface area contributed by atoms with Crippen molar-refractivity contribution >= 4 is 5.97 Å². The normalized spacial score (nSPS) is 11.5. The van der Waals surface area contributed by atoms with Crippen molar-refractivity contribution in [2.75, 3.05) is 19.7 Å². The first-order valence-electron chi connectivity index (χ1n) is 6.94. The second-order valence-electron chi connectivity index (χ2n) is 4.91. The Hall–Kier alpha value is -0.570. The standard InChI is InChI=1S/C14H29NO2/c1-6-13(7-2)15(11-12(4)5)10-9-14(16)17-8-3/h12-13H,6-11H2,1-5H3. The molecule has 0 radical (unpaired) electrons. The van der Waals surface area contributed by atoms with Crippen molar-refractivity contribution in [1.82, 2.24) is 4.90 Å². The molecule has 0 rings (SSSR count). The summed E-state index contributed by atoms with van der Waals surface area (Å²) in [6.07, 6.45) is 2.80. The van der Waals surface area contributed by atoms with Crippen LogP contribution in [0.15, 0.2) is 0 Å². The summed E-state index contributed by atoms with van der Waals surface area (Å²) in [4.78, 5) is 13.8. The van der Waals surface area contributed by atoms with Crippen LogP contribution >= 0.6 is 0 Å². The van der Waals surface area contributed by atoms with E-state index in [1.165, 1.54) is 0 Å². The summed E-state index contributed by atoms with van der Waals surface area (Å²) >= 11 is 0. The van der Waals surface area contributed by atoms with Crippen LogP contribution in [0.25, 0.3) is 0 Å². The minimum Gasteiger partial charge on any atom is -0.466 e. The van der Waals surface area contributed by atoms with Crippen LogP contribution in [0.2, 0.25) is 0 Å². The van der Waals surface area contributed by atoms with Crippen molar-refractivity contribution in [3.8, 4) is 0 Å². The van der Waals surface area contributed by atoms with E-state index in [0.29, 0.717) is 25.0 Å². The molecule has 0 aromatic rings. The Morgan fingerprint density at radius 3 is 2.18 bits per heavy atom. The molecule has 0 aliphatic rings. The van der Waals surface area contributed by atoms with E-state index in [1.807, 2.05) is 6.92 Å². The molecule has 3 nitrogen and oxygen atoms in total. The van der Waals surface area contributed by atoms with Gasteiger partial charge in [-0.15, -0.1) is 0 Å². The van der Waals surface area contributed by atoms with E-state index < -0.39 is 0 Å². The van der Waals surface area contributed by atoms with Crippen molar-refractivity contribution < 1.29 is 9.53 Å². The lowest BCUT2D eigenvalue weighted by Crippen LogP contribution is -2.38. The molecule has 0 aromatic carbocycles. The third-order valence-electron chi connectivity index (χ3n) is 2.97. The van der Waals surface area contributed by atoms with Gasteiger partial charge in [0.1, 0.15) is 0 Å². The quantitative estimate of drug-likeness (QED) is 0.583. The number of nitrogens with zero attached hydrogens (tertiary/aromatic N) is 1. The molecule has 0 unspecified atom stereocenters. The van der Waals surface area contributed by atoms with E-state index >= 15 is 0 Å². The molecule has 0 amide bonds. The average Bonchev–Trinajstić information content (AvgIpc) is 2.27. The van der Waals surface area contributed by atoms with E-state index in [1.54, 1.807) is 0 Å². The van der Waals surface area contributed by atoms with Crippen molar-refractivity contribution in [2.45, 2.75) is 59.9 Å². The largest absolute Gasteiger partial charge is 0.466 e. The van der Waals surface area contributed by atoms with Gasteiger partial charge in [-0.25, -0.2) is 0 Å². The zero-order valence-electron chi connectivity index (χ0n) is 12.2. The molecule has 0 heterocycles. The smallest absolute Gasteiger partial charge is 0.307 e. The number of carbonyl (C=O) groups is 1. The van der Waals surface area contributed by atoms with Crippen LogP contribution in [0.4, 0.5) is 0 Å². The Morgan fingerprint density at radius 1 is 1.18 bits per heavy atom. The zero-order chi connectivity index (χ0) is 13.3. The highest BCUT2D eigenvalue weighted by Gasteiger charge is 2.17. The van der Waals surface area contributed by atoms with E-state index in [9.17, 15) is 4.79 Å². The average molecular weight is 243 g/mol. The maximum absolute atomic E-state index is 11.4. The first-order chi connectivity index (χ1) is 8.04. The van der Waals surface area contributed by atoms with E-state index in [4.69, 9.17) is 4.74 Å². The second kappa shape index (κ2) is 9.46. The fourth-order valence-corrected chi connectivity index (χ4v) is 2.17. The van der Waals surface area contributed by atoms with Crippen LogP contribution in [0.5, 0.6) is 0 Å². The van der Waals surface area contributed by atoms with Gasteiger partial charge in [-0.05, 0) is 25.7 Å². The van der Waals surface area contributed by atoms with Gasteiger partial charge in [-0.2, -0.15) is 0 Å². The number of ether oxygens (including phenoxy) is 1. The summed E-state index contributed by atoms with van der Waals surface area (Å²) < 4.78 is 4.98. The minimum atomic E-state index is -0.0767. The van der Waals surface area contributed by atoms with Crippen molar-refractivity contribution in [2.24, 2.45) is 5.92 Å². The molecule has 0 aromatic heterocycles. The van der Waals surface area contributed by atoms with Gasteiger partial charge in [0.2, 0.25) is 0 Å². The van der Waals surface area contributed by atoms with Gasteiger partial charge >= 0.3 is 5.97 Å². The molecule has 0 spiro atoms.